The van der Waals surface area contributed by atoms with Gasteiger partial charge in [0.05, 0.1) is 15.7 Å². The molecule has 4 nitrogen and oxygen atoms in total. The molecule has 4 radical (unpaired) electrons. The smallest absolute Gasteiger partial charge is 0.272 e. The second-order valence-electron chi connectivity index (χ2n) is 6.24. The highest BCUT2D eigenvalue weighted by atomic mass is 16.2. The van der Waals surface area contributed by atoms with E-state index < -0.39 is 5.34 Å². The lowest BCUT2D eigenvalue weighted by Gasteiger charge is -2.49. The van der Waals surface area contributed by atoms with E-state index in [0.29, 0.717) is 17.3 Å². The lowest BCUT2D eigenvalue weighted by atomic mass is 9.57. The van der Waals surface area contributed by atoms with E-state index in [1.165, 1.54) is 0 Å². The fraction of sp³-hybridized carbons (Fsp3) is 0.684. The van der Waals surface area contributed by atoms with Crippen LogP contribution in [0.5, 0.6) is 0 Å². The molecule has 0 saturated carbocycles. The number of hydrogen-bond acceptors (Lipinski definition) is 3. The van der Waals surface area contributed by atoms with Crippen LogP contribution in [-0.4, -0.2) is 62.6 Å². The van der Waals surface area contributed by atoms with Crippen LogP contribution in [-0.2, 0) is 5.34 Å². The van der Waals surface area contributed by atoms with Gasteiger partial charge in [-0.05, 0) is 36.2 Å². The van der Waals surface area contributed by atoms with Crippen LogP contribution in [0.25, 0.3) is 0 Å². The van der Waals surface area contributed by atoms with Crippen molar-refractivity contribution in [3.05, 3.63) is 29.6 Å². The topological polar surface area (TPSA) is 36.4 Å². The number of likely N-dealkylation sites (tertiary alicyclic amines) is 2. The highest BCUT2D eigenvalue weighted by molar-refractivity contribution is 6.39. The Balaban J connectivity index is 0.000000730. The molecule has 0 spiro atoms. The van der Waals surface area contributed by atoms with E-state index in [2.05, 4.69) is 11.9 Å². The summed E-state index contributed by atoms with van der Waals surface area (Å²) in [6.07, 6.45) is 2.13. The van der Waals surface area contributed by atoms with Crippen LogP contribution < -0.4 is 0 Å². The summed E-state index contributed by atoms with van der Waals surface area (Å²) in [5.41, 5.74) is 0.989. The molecule has 0 unspecified atom stereocenters. The molecule has 1 amide bonds. The molecule has 2 aliphatic heterocycles. The van der Waals surface area contributed by atoms with Crippen molar-refractivity contribution in [3.63, 3.8) is 0 Å². The lowest BCUT2D eigenvalue weighted by molar-refractivity contribution is 0.0735. The molecule has 3 heterocycles. The third kappa shape index (κ3) is 5.10. The van der Waals surface area contributed by atoms with Crippen LogP contribution >= 0.6 is 0 Å². The average Bonchev–Trinajstić information content (AvgIpc) is 3.16. The summed E-state index contributed by atoms with van der Waals surface area (Å²) >= 11 is 0. The first-order chi connectivity index (χ1) is 12.0. The minimum absolute atomic E-state index is 0.0258. The molecule has 2 saturated heterocycles. The van der Waals surface area contributed by atoms with Gasteiger partial charge in [-0.15, -0.1) is 0 Å². The van der Waals surface area contributed by atoms with Gasteiger partial charge in [-0.25, -0.2) is 4.98 Å². The molecule has 6 heteroatoms. The van der Waals surface area contributed by atoms with Crippen molar-refractivity contribution in [3.8, 4) is 0 Å². The maximum atomic E-state index is 12.4. The standard InChI is InChI=1S/C15H19B2N3O.2C2H6/c1-11-9-20(10-11)15(16,17)13-6-4-5-12(18-13)14(21)19-7-2-3-8-19;2*1-2/h4-6,11H,2-3,7-10H2,1H3;2*1-2H3. The number of aromatic nitrogens is 1. The minimum atomic E-state index is -1.10. The molecule has 0 aliphatic carbocycles. The van der Waals surface area contributed by atoms with E-state index in [1.807, 2.05) is 43.6 Å². The Morgan fingerprint density at radius 2 is 1.68 bits per heavy atom. The van der Waals surface area contributed by atoms with Crippen molar-refractivity contribution in [1.29, 1.82) is 0 Å². The van der Waals surface area contributed by atoms with E-state index >= 15 is 0 Å². The number of carbonyl (C=O) groups excluding carboxylic acids is 1. The van der Waals surface area contributed by atoms with Gasteiger partial charge in [-0.2, -0.15) is 0 Å². The van der Waals surface area contributed by atoms with Gasteiger partial charge in [-0.3, -0.25) is 4.79 Å². The van der Waals surface area contributed by atoms with E-state index in [9.17, 15) is 4.79 Å². The van der Waals surface area contributed by atoms with Gasteiger partial charge in [0.15, 0.2) is 0 Å². The van der Waals surface area contributed by atoms with Gasteiger partial charge in [0, 0.05) is 31.9 Å². The summed E-state index contributed by atoms with van der Waals surface area (Å²) in [6, 6.07) is 5.34. The van der Waals surface area contributed by atoms with Crippen LogP contribution in [0.4, 0.5) is 0 Å². The van der Waals surface area contributed by atoms with Crippen molar-refractivity contribution in [2.75, 3.05) is 26.2 Å². The zero-order valence-corrected chi connectivity index (χ0v) is 16.5. The second-order valence-corrected chi connectivity index (χ2v) is 6.24. The monoisotopic (exact) mass is 339 g/mol. The van der Waals surface area contributed by atoms with Crippen molar-refractivity contribution in [2.24, 2.45) is 5.92 Å². The highest BCUT2D eigenvalue weighted by Crippen LogP contribution is 2.28. The van der Waals surface area contributed by atoms with Crippen LogP contribution in [0.1, 0.15) is 63.6 Å². The molecule has 0 atom stereocenters. The Morgan fingerprint density at radius 1 is 1.12 bits per heavy atom. The fourth-order valence-electron chi connectivity index (χ4n) is 3.02. The summed E-state index contributed by atoms with van der Waals surface area (Å²) < 4.78 is 0. The van der Waals surface area contributed by atoms with E-state index in [1.54, 1.807) is 12.1 Å². The number of carbonyl (C=O) groups is 1. The lowest BCUT2D eigenvalue weighted by Crippen LogP contribution is -2.58. The number of nitrogens with zero attached hydrogens (tertiary/aromatic N) is 3. The highest BCUT2D eigenvalue weighted by Gasteiger charge is 2.36. The maximum Gasteiger partial charge on any atom is 0.272 e. The number of amides is 1. The van der Waals surface area contributed by atoms with Crippen LogP contribution in [0, 0.1) is 5.92 Å². The normalized spacial score (nSPS) is 17.7. The summed E-state index contributed by atoms with van der Waals surface area (Å²) in [6.45, 7) is 13.5. The van der Waals surface area contributed by atoms with Gasteiger partial charge in [0.2, 0.25) is 0 Å². The molecule has 0 bridgehead atoms. The zero-order valence-electron chi connectivity index (χ0n) is 16.5. The SMILES string of the molecule is CC.CC.[B]C([B])(c1cccc(C(=O)N2CCCC2)n1)N1CC(C)C1. The molecule has 1 aromatic rings. The number of hydrogen-bond donors (Lipinski definition) is 0. The molecule has 2 fully saturated rings. The molecule has 25 heavy (non-hydrogen) atoms. The first-order valence-corrected chi connectivity index (χ1v) is 9.58. The van der Waals surface area contributed by atoms with E-state index in [0.717, 1.165) is 39.0 Å². The largest absolute Gasteiger partial charge is 0.337 e. The first kappa shape index (κ1) is 21.8. The predicted octanol–water partition coefficient (Wildman–Crippen LogP) is 2.77. The Labute approximate surface area is 156 Å². The second kappa shape index (κ2) is 10.0. The van der Waals surface area contributed by atoms with Crippen molar-refractivity contribution >= 4 is 21.6 Å². The number of pyridine rings is 1. The van der Waals surface area contributed by atoms with Gasteiger partial charge in [-0.1, -0.05) is 40.7 Å². The summed E-state index contributed by atoms with van der Waals surface area (Å²) in [5.74, 6) is 0.577. The molecule has 134 valence electrons. The Hall–Kier alpha value is -1.29. The van der Waals surface area contributed by atoms with Crippen molar-refractivity contribution in [1.82, 2.24) is 14.8 Å². The molecule has 0 aromatic carbocycles. The van der Waals surface area contributed by atoms with Gasteiger partial charge >= 0.3 is 0 Å². The van der Waals surface area contributed by atoms with E-state index in [-0.39, 0.29) is 5.91 Å². The Morgan fingerprint density at radius 3 is 2.20 bits per heavy atom. The maximum absolute atomic E-state index is 12.4. The molecule has 0 N–H and O–H groups in total. The van der Waals surface area contributed by atoms with Crippen LogP contribution in [0.15, 0.2) is 18.2 Å². The third-order valence-corrected chi connectivity index (χ3v) is 4.36. The van der Waals surface area contributed by atoms with Gasteiger partial charge in [0.25, 0.3) is 5.91 Å². The molecular formula is C19H31B2N3O. The van der Waals surface area contributed by atoms with Gasteiger partial charge < -0.3 is 9.80 Å². The zero-order chi connectivity index (χ0) is 19.0. The summed E-state index contributed by atoms with van der Waals surface area (Å²) in [4.78, 5) is 20.7. The minimum Gasteiger partial charge on any atom is -0.337 e. The molecule has 3 rings (SSSR count). The fourth-order valence-corrected chi connectivity index (χ4v) is 3.02. The van der Waals surface area contributed by atoms with Crippen molar-refractivity contribution < 1.29 is 4.79 Å². The molecule has 2 aliphatic rings. The molecule has 1 aromatic heterocycles. The summed E-state index contributed by atoms with van der Waals surface area (Å²) in [7, 11) is 12.5. The average molecular weight is 339 g/mol. The Bertz CT molecular complexity index is 539. The van der Waals surface area contributed by atoms with E-state index in [4.69, 9.17) is 15.7 Å². The Kier molecular flexibility index (Phi) is 8.70. The first-order valence-electron chi connectivity index (χ1n) is 9.58. The number of rotatable bonds is 3. The van der Waals surface area contributed by atoms with Crippen LogP contribution in [0.2, 0.25) is 0 Å². The van der Waals surface area contributed by atoms with Crippen LogP contribution in [0.3, 0.4) is 0 Å². The summed E-state index contributed by atoms with van der Waals surface area (Å²) in [5, 5.41) is -1.10. The quantitative estimate of drug-likeness (QED) is 0.795. The predicted molar refractivity (Wildman–Crippen MR) is 106 cm³/mol. The van der Waals surface area contributed by atoms with Crippen molar-refractivity contribution in [2.45, 2.75) is 52.8 Å². The third-order valence-electron chi connectivity index (χ3n) is 4.36. The van der Waals surface area contributed by atoms with Gasteiger partial charge in [0.1, 0.15) is 5.69 Å². The molecular weight excluding hydrogens is 308 g/mol.